The molecule has 1 nitrogen and oxygen atoms in total. The van der Waals surface area contributed by atoms with Crippen molar-refractivity contribution in [3.63, 3.8) is 0 Å². The number of rotatable bonds is 3. The van der Waals surface area contributed by atoms with Gasteiger partial charge in [0, 0.05) is 6.04 Å². The molecule has 0 saturated heterocycles. The van der Waals surface area contributed by atoms with Crippen molar-refractivity contribution in [1.82, 2.24) is 0 Å². The molecule has 0 aromatic heterocycles. The normalized spacial score (nSPS) is 25.7. The first-order chi connectivity index (χ1) is 7.18. The van der Waals surface area contributed by atoms with Gasteiger partial charge in [0.05, 0.1) is 0 Å². The zero-order valence-corrected chi connectivity index (χ0v) is 9.48. The smallest absolute Gasteiger partial charge is 0.0112 e. The van der Waals surface area contributed by atoms with E-state index in [4.69, 9.17) is 5.73 Å². The molecule has 1 aromatic carbocycles. The Labute approximate surface area is 92.0 Å². The summed E-state index contributed by atoms with van der Waals surface area (Å²) in [5, 5.41) is 0. The summed E-state index contributed by atoms with van der Waals surface area (Å²) in [4.78, 5) is 0. The van der Waals surface area contributed by atoms with Crippen LogP contribution >= 0.6 is 0 Å². The standard InChI is InChI=1S/C14H19N/c1-10(2)12(13-9-14(13)15)8-11-6-4-3-5-7-11/h3-8,10,13-14H,9,15H2,1-2H3/b12-8+/t13-,14+/m0/s1. The van der Waals surface area contributed by atoms with Crippen molar-refractivity contribution in [1.29, 1.82) is 0 Å². The van der Waals surface area contributed by atoms with Gasteiger partial charge >= 0.3 is 0 Å². The van der Waals surface area contributed by atoms with Crippen LogP contribution in [-0.2, 0) is 0 Å². The lowest BCUT2D eigenvalue weighted by atomic mass is 9.96. The maximum Gasteiger partial charge on any atom is 0.0112 e. The molecule has 0 unspecified atom stereocenters. The predicted octanol–water partition coefficient (Wildman–Crippen LogP) is 3.07. The second-order valence-electron chi connectivity index (χ2n) is 4.72. The van der Waals surface area contributed by atoms with E-state index < -0.39 is 0 Å². The van der Waals surface area contributed by atoms with Gasteiger partial charge in [-0.25, -0.2) is 0 Å². The predicted molar refractivity (Wildman–Crippen MR) is 65.3 cm³/mol. The molecule has 0 aliphatic heterocycles. The highest BCUT2D eigenvalue weighted by atomic mass is 14.7. The van der Waals surface area contributed by atoms with Crippen molar-refractivity contribution in [3.05, 3.63) is 41.5 Å². The molecule has 0 spiro atoms. The van der Waals surface area contributed by atoms with E-state index in [9.17, 15) is 0 Å². The molecular formula is C14H19N. The Hall–Kier alpha value is -1.08. The lowest BCUT2D eigenvalue weighted by Gasteiger charge is -2.10. The minimum Gasteiger partial charge on any atom is -0.327 e. The van der Waals surface area contributed by atoms with Crippen molar-refractivity contribution in [2.45, 2.75) is 26.3 Å². The van der Waals surface area contributed by atoms with Crippen molar-refractivity contribution in [3.8, 4) is 0 Å². The van der Waals surface area contributed by atoms with Crippen LogP contribution in [0, 0.1) is 11.8 Å². The minimum absolute atomic E-state index is 0.405. The summed E-state index contributed by atoms with van der Waals surface area (Å²) >= 11 is 0. The maximum atomic E-state index is 5.92. The summed E-state index contributed by atoms with van der Waals surface area (Å²) in [6.45, 7) is 4.50. The van der Waals surface area contributed by atoms with Crippen LogP contribution in [0.25, 0.3) is 6.08 Å². The van der Waals surface area contributed by atoms with Gasteiger partial charge in [-0.2, -0.15) is 0 Å². The van der Waals surface area contributed by atoms with Crippen LogP contribution in [0.3, 0.4) is 0 Å². The fourth-order valence-electron chi connectivity index (χ4n) is 2.04. The molecule has 15 heavy (non-hydrogen) atoms. The van der Waals surface area contributed by atoms with Crippen LogP contribution < -0.4 is 5.73 Å². The number of benzene rings is 1. The average Bonchev–Trinajstić information content (AvgIpc) is 2.93. The van der Waals surface area contributed by atoms with E-state index in [1.165, 1.54) is 11.1 Å². The molecule has 1 aliphatic carbocycles. The second-order valence-corrected chi connectivity index (χ2v) is 4.72. The van der Waals surface area contributed by atoms with Crippen LogP contribution in [0.5, 0.6) is 0 Å². The lowest BCUT2D eigenvalue weighted by Crippen LogP contribution is -2.06. The number of hydrogen-bond acceptors (Lipinski definition) is 1. The molecule has 0 bridgehead atoms. The second kappa shape index (κ2) is 4.19. The summed E-state index contributed by atoms with van der Waals surface area (Å²) in [6, 6.07) is 10.9. The summed E-state index contributed by atoms with van der Waals surface area (Å²) in [5.41, 5.74) is 8.72. The minimum atomic E-state index is 0.405. The van der Waals surface area contributed by atoms with Crippen molar-refractivity contribution in [2.24, 2.45) is 17.6 Å². The average molecular weight is 201 g/mol. The largest absolute Gasteiger partial charge is 0.327 e. The molecule has 0 radical (unpaired) electrons. The molecule has 2 N–H and O–H groups in total. The Balaban J connectivity index is 2.21. The first kappa shape index (κ1) is 10.4. The van der Waals surface area contributed by atoms with Gasteiger partial charge in [-0.15, -0.1) is 0 Å². The van der Waals surface area contributed by atoms with E-state index in [1.807, 2.05) is 0 Å². The van der Waals surface area contributed by atoms with Crippen molar-refractivity contribution < 1.29 is 0 Å². The highest BCUT2D eigenvalue weighted by Gasteiger charge is 2.37. The molecule has 0 amide bonds. The number of hydrogen-bond donors (Lipinski definition) is 1. The van der Waals surface area contributed by atoms with Crippen LogP contribution in [0.1, 0.15) is 25.8 Å². The summed E-state index contributed by atoms with van der Waals surface area (Å²) in [7, 11) is 0. The van der Waals surface area contributed by atoms with Gasteiger partial charge < -0.3 is 5.73 Å². The third-order valence-corrected chi connectivity index (χ3v) is 3.07. The Bertz CT molecular complexity index is 351. The van der Waals surface area contributed by atoms with E-state index in [0.717, 1.165) is 6.42 Å². The summed E-state index contributed by atoms with van der Waals surface area (Å²) < 4.78 is 0. The zero-order chi connectivity index (χ0) is 10.8. The van der Waals surface area contributed by atoms with Crippen LogP contribution in [-0.4, -0.2) is 6.04 Å². The molecule has 1 aliphatic rings. The Morgan fingerprint density at radius 3 is 2.40 bits per heavy atom. The highest BCUT2D eigenvalue weighted by Crippen LogP contribution is 2.39. The first-order valence-electron chi connectivity index (χ1n) is 5.70. The monoisotopic (exact) mass is 201 g/mol. The number of nitrogens with two attached hydrogens (primary N) is 1. The van der Waals surface area contributed by atoms with Gasteiger partial charge in [0.25, 0.3) is 0 Å². The van der Waals surface area contributed by atoms with Gasteiger partial charge in [-0.05, 0) is 23.8 Å². The van der Waals surface area contributed by atoms with Gasteiger partial charge in [-0.3, -0.25) is 0 Å². The fourth-order valence-corrected chi connectivity index (χ4v) is 2.04. The van der Waals surface area contributed by atoms with Crippen LogP contribution in [0.2, 0.25) is 0 Å². The van der Waals surface area contributed by atoms with Gasteiger partial charge in [0.1, 0.15) is 0 Å². The Kier molecular flexibility index (Phi) is 2.92. The fraction of sp³-hybridized carbons (Fsp3) is 0.429. The SMILES string of the molecule is CC(C)/C(=C\c1ccccc1)[C@@H]1C[C@H]1N. The van der Waals surface area contributed by atoms with E-state index in [0.29, 0.717) is 17.9 Å². The topological polar surface area (TPSA) is 26.0 Å². The van der Waals surface area contributed by atoms with Crippen molar-refractivity contribution in [2.75, 3.05) is 0 Å². The summed E-state index contributed by atoms with van der Waals surface area (Å²) in [6.07, 6.45) is 3.47. The van der Waals surface area contributed by atoms with Crippen LogP contribution in [0.15, 0.2) is 35.9 Å². The van der Waals surface area contributed by atoms with E-state index in [-0.39, 0.29) is 0 Å². The lowest BCUT2D eigenvalue weighted by molar-refractivity contribution is 0.699. The van der Waals surface area contributed by atoms with E-state index >= 15 is 0 Å². The molecule has 1 heteroatoms. The molecule has 2 atom stereocenters. The molecule has 2 rings (SSSR count). The van der Waals surface area contributed by atoms with Gasteiger partial charge in [0.2, 0.25) is 0 Å². The van der Waals surface area contributed by atoms with Gasteiger partial charge in [-0.1, -0.05) is 55.8 Å². The zero-order valence-electron chi connectivity index (χ0n) is 9.48. The molecule has 0 heterocycles. The molecule has 80 valence electrons. The maximum absolute atomic E-state index is 5.92. The van der Waals surface area contributed by atoms with Gasteiger partial charge in [0.15, 0.2) is 0 Å². The molecule has 1 saturated carbocycles. The Morgan fingerprint density at radius 2 is 1.93 bits per heavy atom. The molecular weight excluding hydrogens is 182 g/mol. The van der Waals surface area contributed by atoms with E-state index in [2.05, 4.69) is 50.3 Å². The third kappa shape index (κ3) is 2.48. The summed E-state index contributed by atoms with van der Waals surface area (Å²) in [5.74, 6) is 1.23. The van der Waals surface area contributed by atoms with Crippen LogP contribution in [0.4, 0.5) is 0 Å². The highest BCUT2D eigenvalue weighted by molar-refractivity contribution is 5.55. The quantitative estimate of drug-likeness (QED) is 0.799. The molecule has 1 aromatic rings. The third-order valence-electron chi connectivity index (χ3n) is 3.07. The Morgan fingerprint density at radius 1 is 1.33 bits per heavy atom. The molecule has 1 fully saturated rings. The van der Waals surface area contributed by atoms with Crippen molar-refractivity contribution >= 4 is 6.08 Å². The first-order valence-corrected chi connectivity index (χ1v) is 5.70. The van der Waals surface area contributed by atoms with E-state index in [1.54, 1.807) is 0 Å².